The van der Waals surface area contributed by atoms with Crippen LogP contribution in [0.15, 0.2) is 53.1 Å². The molecule has 3 aromatic rings. The molecule has 25 heavy (non-hydrogen) atoms. The van der Waals surface area contributed by atoms with Crippen molar-refractivity contribution in [3.05, 3.63) is 59.4 Å². The minimum atomic E-state index is -0.239. The van der Waals surface area contributed by atoms with Gasteiger partial charge in [0.25, 0.3) is 5.91 Å². The quantitative estimate of drug-likeness (QED) is 0.733. The Morgan fingerprint density at radius 2 is 2.08 bits per heavy atom. The van der Waals surface area contributed by atoms with E-state index in [4.69, 9.17) is 21.1 Å². The van der Waals surface area contributed by atoms with Crippen molar-refractivity contribution in [3.63, 3.8) is 0 Å². The van der Waals surface area contributed by atoms with Gasteiger partial charge in [0.15, 0.2) is 11.5 Å². The number of nitrogens with zero attached hydrogens (tertiary/aromatic N) is 3. The molecule has 1 amide bonds. The lowest BCUT2D eigenvalue weighted by molar-refractivity contribution is 0.0725. The number of aromatic nitrogens is 2. The largest absolute Gasteiger partial charge is 0.463 e. The van der Waals surface area contributed by atoms with Crippen LogP contribution in [-0.4, -0.2) is 45.4 Å². The molecule has 0 bridgehead atoms. The topological polar surface area (TPSA) is 71.5 Å². The summed E-state index contributed by atoms with van der Waals surface area (Å²) in [5, 5.41) is 14.2. The van der Waals surface area contributed by atoms with Crippen LogP contribution in [-0.2, 0) is 0 Å². The Bertz CT molecular complexity index is 841. The van der Waals surface area contributed by atoms with Crippen LogP contribution in [0.4, 0.5) is 0 Å². The minimum absolute atomic E-state index is 0.0947. The number of furan rings is 1. The second-order valence-electron chi connectivity index (χ2n) is 5.39. The zero-order valence-corrected chi connectivity index (χ0v) is 14.5. The molecule has 3 rings (SSSR count). The Morgan fingerprint density at radius 3 is 2.68 bits per heavy atom. The summed E-state index contributed by atoms with van der Waals surface area (Å²) in [5.74, 6) is 0.365. The minimum Gasteiger partial charge on any atom is -0.463 e. The van der Waals surface area contributed by atoms with E-state index in [1.807, 2.05) is 25.1 Å². The van der Waals surface area contributed by atoms with Crippen molar-refractivity contribution in [3.8, 4) is 17.1 Å². The third kappa shape index (κ3) is 3.60. The molecule has 1 N–H and O–H groups in total. The van der Waals surface area contributed by atoms with Gasteiger partial charge in [-0.15, -0.1) is 0 Å². The Kier molecular flexibility index (Phi) is 5.21. The predicted molar refractivity (Wildman–Crippen MR) is 94.9 cm³/mol. The van der Waals surface area contributed by atoms with Crippen LogP contribution in [0, 0.1) is 0 Å². The third-order valence-corrected chi connectivity index (χ3v) is 4.06. The van der Waals surface area contributed by atoms with E-state index in [9.17, 15) is 4.79 Å². The van der Waals surface area contributed by atoms with E-state index in [-0.39, 0.29) is 24.8 Å². The van der Waals surface area contributed by atoms with E-state index in [1.165, 1.54) is 0 Å². The molecule has 0 aliphatic heterocycles. The van der Waals surface area contributed by atoms with E-state index >= 15 is 0 Å². The lowest BCUT2D eigenvalue weighted by Crippen LogP contribution is -2.33. The summed E-state index contributed by atoms with van der Waals surface area (Å²) >= 11 is 5.96. The highest BCUT2D eigenvalue weighted by Gasteiger charge is 2.21. The molecular weight excluding hydrogens is 342 g/mol. The first-order valence-corrected chi connectivity index (χ1v) is 8.32. The molecule has 130 valence electrons. The summed E-state index contributed by atoms with van der Waals surface area (Å²) in [6, 6.07) is 12.4. The molecule has 0 aliphatic rings. The maximum Gasteiger partial charge on any atom is 0.274 e. The number of aliphatic hydroxyl groups is 1. The van der Waals surface area contributed by atoms with E-state index in [2.05, 4.69) is 5.10 Å². The first kappa shape index (κ1) is 17.3. The normalized spacial score (nSPS) is 10.8. The monoisotopic (exact) mass is 359 g/mol. The van der Waals surface area contributed by atoms with Crippen molar-refractivity contribution in [1.82, 2.24) is 14.7 Å². The lowest BCUT2D eigenvalue weighted by Gasteiger charge is -2.17. The zero-order chi connectivity index (χ0) is 17.8. The number of hydrogen-bond acceptors (Lipinski definition) is 4. The molecule has 0 atom stereocenters. The van der Waals surface area contributed by atoms with Crippen molar-refractivity contribution in [2.75, 3.05) is 19.7 Å². The van der Waals surface area contributed by atoms with Gasteiger partial charge in [0.1, 0.15) is 5.69 Å². The number of benzene rings is 1. The average Bonchev–Trinajstić information content (AvgIpc) is 3.29. The van der Waals surface area contributed by atoms with Gasteiger partial charge in [-0.3, -0.25) is 4.79 Å². The molecule has 6 nitrogen and oxygen atoms in total. The predicted octanol–water partition coefficient (Wildman–Crippen LogP) is 3.24. The summed E-state index contributed by atoms with van der Waals surface area (Å²) < 4.78 is 7.13. The number of aliphatic hydroxyl groups excluding tert-OH is 1. The number of amides is 1. The van der Waals surface area contributed by atoms with Gasteiger partial charge in [0.2, 0.25) is 0 Å². The smallest absolute Gasteiger partial charge is 0.274 e. The van der Waals surface area contributed by atoms with Crippen LogP contribution in [0.2, 0.25) is 5.02 Å². The van der Waals surface area contributed by atoms with Crippen molar-refractivity contribution in [1.29, 1.82) is 0 Å². The van der Waals surface area contributed by atoms with Gasteiger partial charge in [0.05, 0.1) is 18.6 Å². The first-order chi connectivity index (χ1) is 12.1. The summed E-state index contributed by atoms with van der Waals surface area (Å²) in [4.78, 5) is 14.2. The molecule has 2 aromatic heterocycles. The van der Waals surface area contributed by atoms with Crippen molar-refractivity contribution in [2.45, 2.75) is 6.92 Å². The van der Waals surface area contributed by atoms with Crippen molar-refractivity contribution < 1.29 is 14.3 Å². The number of rotatable bonds is 6. The van der Waals surface area contributed by atoms with Crippen LogP contribution in [0.1, 0.15) is 17.4 Å². The molecule has 0 unspecified atom stereocenters. The van der Waals surface area contributed by atoms with Gasteiger partial charge < -0.3 is 14.4 Å². The van der Waals surface area contributed by atoms with Crippen LogP contribution >= 0.6 is 11.6 Å². The van der Waals surface area contributed by atoms with Gasteiger partial charge >= 0.3 is 0 Å². The van der Waals surface area contributed by atoms with E-state index in [1.54, 1.807) is 40.1 Å². The number of carbonyl (C=O) groups is 1. The molecule has 2 heterocycles. The lowest BCUT2D eigenvalue weighted by atomic mass is 10.2. The van der Waals surface area contributed by atoms with Crippen molar-refractivity contribution in [2.24, 2.45) is 0 Å². The fourth-order valence-corrected chi connectivity index (χ4v) is 2.68. The average molecular weight is 360 g/mol. The first-order valence-electron chi connectivity index (χ1n) is 7.94. The molecule has 0 radical (unpaired) electrons. The Morgan fingerprint density at radius 1 is 1.32 bits per heavy atom. The molecular formula is C18H18ClN3O3. The Balaban J connectivity index is 2.06. The maximum absolute atomic E-state index is 12.7. The molecule has 0 saturated heterocycles. The number of hydrogen-bond donors (Lipinski definition) is 1. The molecule has 0 aliphatic carbocycles. The summed E-state index contributed by atoms with van der Waals surface area (Å²) in [5.41, 5.74) is 1.72. The van der Waals surface area contributed by atoms with Crippen molar-refractivity contribution >= 4 is 17.5 Å². The number of likely N-dealkylation sites (N-methyl/N-ethyl adjacent to an activating group) is 1. The molecule has 0 saturated carbocycles. The summed E-state index contributed by atoms with van der Waals surface area (Å²) in [6.07, 6.45) is 1.57. The van der Waals surface area contributed by atoms with Crippen LogP contribution in [0.5, 0.6) is 0 Å². The molecule has 0 fully saturated rings. The van der Waals surface area contributed by atoms with E-state index in [0.29, 0.717) is 23.0 Å². The molecule has 7 heteroatoms. The summed E-state index contributed by atoms with van der Waals surface area (Å²) in [6.45, 7) is 2.52. The number of carbonyl (C=O) groups excluding carboxylic acids is 1. The highest BCUT2D eigenvalue weighted by Crippen LogP contribution is 2.25. The van der Waals surface area contributed by atoms with Gasteiger partial charge in [-0.2, -0.15) is 5.10 Å². The SMILES string of the molecule is CCN(CCO)C(=O)c1cc(-c2ccco2)n(-c2ccc(Cl)cc2)n1. The fourth-order valence-electron chi connectivity index (χ4n) is 2.55. The standard InChI is InChI=1S/C18H18ClN3O3/c1-2-21(9-10-23)18(24)15-12-16(17-4-3-11-25-17)22(20-15)14-7-5-13(19)6-8-14/h3-8,11-12,23H,2,9-10H2,1H3. The van der Waals surface area contributed by atoms with Gasteiger partial charge in [-0.1, -0.05) is 11.6 Å². The van der Waals surface area contributed by atoms with Gasteiger partial charge in [-0.25, -0.2) is 4.68 Å². The molecule has 1 aromatic carbocycles. The number of halogens is 1. The van der Waals surface area contributed by atoms with Crippen LogP contribution in [0.25, 0.3) is 17.1 Å². The van der Waals surface area contributed by atoms with Crippen LogP contribution < -0.4 is 0 Å². The third-order valence-electron chi connectivity index (χ3n) is 3.81. The van der Waals surface area contributed by atoms with Gasteiger partial charge in [-0.05, 0) is 43.3 Å². The maximum atomic E-state index is 12.7. The summed E-state index contributed by atoms with van der Waals surface area (Å²) in [7, 11) is 0. The zero-order valence-electron chi connectivity index (χ0n) is 13.7. The fraction of sp³-hybridized carbons (Fsp3) is 0.222. The Labute approximate surface area is 150 Å². The van der Waals surface area contributed by atoms with Gasteiger partial charge in [0, 0.05) is 24.2 Å². The van der Waals surface area contributed by atoms with E-state index in [0.717, 1.165) is 5.69 Å². The van der Waals surface area contributed by atoms with Crippen LogP contribution in [0.3, 0.4) is 0 Å². The molecule has 0 spiro atoms. The highest BCUT2D eigenvalue weighted by atomic mass is 35.5. The second kappa shape index (κ2) is 7.55. The van der Waals surface area contributed by atoms with E-state index < -0.39 is 0 Å². The Hall–Kier alpha value is -2.57. The highest BCUT2D eigenvalue weighted by molar-refractivity contribution is 6.30. The second-order valence-corrected chi connectivity index (χ2v) is 5.83.